The quantitative estimate of drug-likeness (QED) is 0.749. The second-order valence-corrected chi connectivity index (χ2v) is 3.31. The van der Waals surface area contributed by atoms with Crippen molar-refractivity contribution in [2.75, 3.05) is 0 Å². The molecule has 0 saturated heterocycles. The van der Waals surface area contributed by atoms with Crippen LogP contribution in [0.25, 0.3) is 11.0 Å². The first kappa shape index (κ1) is 9.15. The summed E-state index contributed by atoms with van der Waals surface area (Å²) in [5, 5.41) is 1.10. The number of nitrogens with two attached hydrogens (primary N) is 1. The molecule has 14 heavy (non-hydrogen) atoms. The lowest BCUT2D eigenvalue weighted by Gasteiger charge is -2.02. The Morgan fingerprint density at radius 1 is 1.43 bits per heavy atom. The molecule has 2 aromatic rings. The van der Waals surface area contributed by atoms with E-state index < -0.39 is 0 Å². The highest BCUT2D eigenvalue weighted by Gasteiger charge is 2.09. The van der Waals surface area contributed by atoms with Crippen LogP contribution in [-0.2, 0) is 13.0 Å². The van der Waals surface area contributed by atoms with E-state index in [9.17, 15) is 0 Å². The summed E-state index contributed by atoms with van der Waals surface area (Å²) in [6, 6.07) is 0. The molecule has 0 atom stereocenters. The summed E-state index contributed by atoms with van der Waals surface area (Å²) in [7, 11) is 0. The lowest BCUT2D eigenvalue weighted by molar-refractivity contribution is 0.973. The average Bonchev–Trinajstić information content (AvgIpc) is 2.59. The minimum absolute atomic E-state index is 0.527. The van der Waals surface area contributed by atoms with E-state index in [1.165, 1.54) is 0 Å². The third-order valence-electron chi connectivity index (χ3n) is 2.35. The monoisotopic (exact) mass is 190 g/mol. The topological polar surface area (TPSA) is 67.6 Å². The summed E-state index contributed by atoms with van der Waals surface area (Å²) in [4.78, 5) is 11.9. The summed E-state index contributed by atoms with van der Waals surface area (Å²) in [5.74, 6) is 0.805. The number of nitrogens with one attached hydrogen (secondary N) is 1. The number of nitrogens with zero attached hydrogens (tertiary/aromatic N) is 2. The molecular formula is C10H14N4. The van der Waals surface area contributed by atoms with Gasteiger partial charge in [-0.05, 0) is 18.9 Å². The molecule has 0 aliphatic heterocycles. The molecule has 4 nitrogen and oxygen atoms in total. The number of H-pyrrole nitrogens is 1. The zero-order valence-corrected chi connectivity index (χ0v) is 8.46. The van der Waals surface area contributed by atoms with Crippen molar-refractivity contribution in [3.63, 3.8) is 0 Å². The third kappa shape index (κ3) is 1.28. The molecule has 0 spiro atoms. The highest BCUT2D eigenvalue weighted by Crippen LogP contribution is 2.19. The van der Waals surface area contributed by atoms with Crippen LogP contribution in [0.15, 0.2) is 6.20 Å². The molecule has 0 bridgehead atoms. The van der Waals surface area contributed by atoms with Gasteiger partial charge in [0.15, 0.2) is 0 Å². The Bertz CT molecular complexity index is 458. The Morgan fingerprint density at radius 3 is 2.86 bits per heavy atom. The Kier molecular flexibility index (Phi) is 2.21. The van der Waals surface area contributed by atoms with Crippen molar-refractivity contribution >= 4 is 11.0 Å². The molecule has 0 aliphatic carbocycles. The van der Waals surface area contributed by atoms with Crippen LogP contribution in [-0.4, -0.2) is 15.0 Å². The van der Waals surface area contributed by atoms with Crippen LogP contribution in [0.3, 0.4) is 0 Å². The molecule has 0 fully saturated rings. The molecule has 0 unspecified atom stereocenters. The summed E-state index contributed by atoms with van der Waals surface area (Å²) >= 11 is 0. The average molecular weight is 190 g/mol. The molecule has 0 aromatic carbocycles. The third-order valence-corrected chi connectivity index (χ3v) is 2.35. The van der Waals surface area contributed by atoms with Gasteiger partial charge in [0.2, 0.25) is 0 Å². The van der Waals surface area contributed by atoms with E-state index in [4.69, 9.17) is 5.73 Å². The number of aryl methyl sites for hydroxylation is 2. The van der Waals surface area contributed by atoms with Crippen molar-refractivity contribution in [1.29, 1.82) is 0 Å². The van der Waals surface area contributed by atoms with Gasteiger partial charge in [-0.2, -0.15) is 0 Å². The Balaban J connectivity index is 2.78. The summed E-state index contributed by atoms with van der Waals surface area (Å²) in [6.07, 6.45) is 2.82. The lowest BCUT2D eigenvalue weighted by atomic mass is 10.1. The van der Waals surface area contributed by atoms with E-state index in [1.807, 2.05) is 13.1 Å². The van der Waals surface area contributed by atoms with Crippen molar-refractivity contribution in [1.82, 2.24) is 15.0 Å². The van der Waals surface area contributed by atoms with Crippen molar-refractivity contribution in [3.8, 4) is 0 Å². The van der Waals surface area contributed by atoms with E-state index in [1.54, 1.807) is 0 Å². The first-order chi connectivity index (χ1) is 6.76. The van der Waals surface area contributed by atoms with Crippen molar-refractivity contribution in [2.24, 2.45) is 5.73 Å². The number of fused-ring (bicyclic) bond motifs is 1. The summed E-state index contributed by atoms with van der Waals surface area (Å²) in [5.41, 5.74) is 8.72. The fraction of sp³-hybridized carbons (Fsp3) is 0.400. The van der Waals surface area contributed by atoms with E-state index in [0.29, 0.717) is 6.54 Å². The molecule has 3 N–H and O–H groups in total. The van der Waals surface area contributed by atoms with Gasteiger partial charge in [-0.3, -0.25) is 0 Å². The van der Waals surface area contributed by atoms with Crippen LogP contribution < -0.4 is 5.73 Å². The van der Waals surface area contributed by atoms with Gasteiger partial charge in [-0.1, -0.05) is 6.92 Å². The molecular weight excluding hydrogens is 176 g/mol. The van der Waals surface area contributed by atoms with E-state index in [0.717, 1.165) is 34.5 Å². The van der Waals surface area contributed by atoms with Crippen LogP contribution in [0, 0.1) is 6.92 Å². The van der Waals surface area contributed by atoms with E-state index >= 15 is 0 Å². The maximum atomic E-state index is 5.65. The van der Waals surface area contributed by atoms with Crippen LogP contribution in [0.2, 0.25) is 0 Å². The number of aromatic nitrogens is 3. The van der Waals surface area contributed by atoms with Crippen molar-refractivity contribution in [3.05, 3.63) is 23.3 Å². The maximum Gasteiger partial charge on any atom is 0.141 e. The Labute approximate surface area is 82.6 Å². The van der Waals surface area contributed by atoms with Gasteiger partial charge in [0, 0.05) is 18.1 Å². The number of hydrogen-bond donors (Lipinski definition) is 2. The first-order valence-electron chi connectivity index (χ1n) is 4.79. The molecule has 4 heteroatoms. The minimum Gasteiger partial charge on any atom is -0.346 e. The predicted octanol–water partition coefficient (Wildman–Crippen LogP) is 1.29. The number of rotatable bonds is 2. The lowest BCUT2D eigenvalue weighted by Crippen LogP contribution is -1.99. The molecule has 0 amide bonds. The second-order valence-electron chi connectivity index (χ2n) is 3.31. The molecule has 2 rings (SSSR count). The van der Waals surface area contributed by atoms with E-state index in [2.05, 4.69) is 21.9 Å². The molecule has 2 heterocycles. The molecule has 74 valence electrons. The number of aromatic amines is 1. The van der Waals surface area contributed by atoms with Crippen LogP contribution in [0.5, 0.6) is 0 Å². The van der Waals surface area contributed by atoms with Gasteiger partial charge < -0.3 is 10.7 Å². The molecule has 0 aliphatic rings. The number of hydrogen-bond acceptors (Lipinski definition) is 3. The zero-order valence-electron chi connectivity index (χ0n) is 8.46. The zero-order chi connectivity index (χ0) is 10.1. The predicted molar refractivity (Wildman–Crippen MR) is 55.9 cm³/mol. The van der Waals surface area contributed by atoms with Gasteiger partial charge in [-0.25, -0.2) is 9.97 Å². The SMILES string of the molecule is CCc1nc(C)nc2[nH]cc(CN)c12. The summed E-state index contributed by atoms with van der Waals surface area (Å²) in [6.45, 7) is 4.52. The maximum absolute atomic E-state index is 5.65. The fourth-order valence-corrected chi connectivity index (χ4v) is 1.72. The van der Waals surface area contributed by atoms with Gasteiger partial charge in [0.25, 0.3) is 0 Å². The summed E-state index contributed by atoms with van der Waals surface area (Å²) < 4.78 is 0. The molecule has 2 aromatic heterocycles. The highest BCUT2D eigenvalue weighted by molar-refractivity contribution is 5.82. The van der Waals surface area contributed by atoms with Gasteiger partial charge in [-0.15, -0.1) is 0 Å². The largest absolute Gasteiger partial charge is 0.346 e. The van der Waals surface area contributed by atoms with Crippen LogP contribution in [0.1, 0.15) is 24.0 Å². The standard InChI is InChI=1S/C10H14N4/c1-3-8-9-7(4-11)5-12-10(9)14-6(2)13-8/h5H,3-4,11H2,1-2H3,(H,12,13,14). The molecule has 0 saturated carbocycles. The second kappa shape index (κ2) is 3.38. The van der Waals surface area contributed by atoms with Gasteiger partial charge >= 0.3 is 0 Å². The van der Waals surface area contributed by atoms with Crippen LogP contribution >= 0.6 is 0 Å². The molecule has 0 radical (unpaired) electrons. The highest BCUT2D eigenvalue weighted by atomic mass is 14.9. The smallest absolute Gasteiger partial charge is 0.141 e. The first-order valence-corrected chi connectivity index (χ1v) is 4.79. The Hall–Kier alpha value is -1.42. The fourth-order valence-electron chi connectivity index (χ4n) is 1.72. The van der Waals surface area contributed by atoms with Gasteiger partial charge in [0.05, 0.1) is 5.69 Å². The Morgan fingerprint density at radius 2 is 2.21 bits per heavy atom. The van der Waals surface area contributed by atoms with Crippen molar-refractivity contribution < 1.29 is 0 Å². The van der Waals surface area contributed by atoms with Gasteiger partial charge in [0.1, 0.15) is 11.5 Å². The normalized spacial score (nSPS) is 11.1. The van der Waals surface area contributed by atoms with Crippen molar-refractivity contribution in [2.45, 2.75) is 26.8 Å². The minimum atomic E-state index is 0.527. The van der Waals surface area contributed by atoms with Crippen LogP contribution in [0.4, 0.5) is 0 Å². The van der Waals surface area contributed by atoms with E-state index in [-0.39, 0.29) is 0 Å².